The molecule has 0 aliphatic rings. The summed E-state index contributed by atoms with van der Waals surface area (Å²) in [6, 6.07) is 5.90. The van der Waals surface area contributed by atoms with Crippen LogP contribution in [0.3, 0.4) is 0 Å². The van der Waals surface area contributed by atoms with Gasteiger partial charge in [0.2, 0.25) is 0 Å². The minimum absolute atomic E-state index is 0.0912. The van der Waals surface area contributed by atoms with E-state index in [2.05, 4.69) is 9.72 Å². The maximum Gasteiger partial charge on any atom is 0.339 e. The monoisotopic (exact) mass is 306 g/mol. The lowest BCUT2D eigenvalue weighted by atomic mass is 10.0. The van der Waals surface area contributed by atoms with Crippen LogP contribution in [0.15, 0.2) is 30.5 Å². The predicted octanol–water partition coefficient (Wildman–Crippen LogP) is 2.47. The zero-order valence-electron chi connectivity index (χ0n) is 11.0. The number of benzene rings is 1. The van der Waals surface area contributed by atoms with Crippen LogP contribution in [0, 0.1) is 0 Å². The van der Waals surface area contributed by atoms with Gasteiger partial charge in [-0.3, -0.25) is 0 Å². The Kier molecular flexibility index (Phi) is 4.09. The molecule has 7 heteroatoms. The Bertz CT molecular complexity index is 731. The molecule has 2 aromatic rings. The molecule has 0 fully saturated rings. The summed E-state index contributed by atoms with van der Waals surface area (Å²) in [5.41, 5.74) is 6.58. The lowest BCUT2D eigenvalue weighted by Crippen LogP contribution is -2.05. The number of nitrogens with two attached hydrogens (primary N) is 1. The van der Waals surface area contributed by atoms with Crippen molar-refractivity contribution in [3.05, 3.63) is 46.6 Å². The van der Waals surface area contributed by atoms with Crippen molar-refractivity contribution in [2.24, 2.45) is 0 Å². The van der Waals surface area contributed by atoms with Gasteiger partial charge in [0.1, 0.15) is 11.4 Å². The second-order valence-corrected chi connectivity index (χ2v) is 4.56. The van der Waals surface area contributed by atoms with Crippen LogP contribution in [0.5, 0.6) is 0 Å². The number of methoxy groups -OCH3 is 1. The Labute approximate surface area is 125 Å². The van der Waals surface area contributed by atoms with Gasteiger partial charge in [-0.15, -0.1) is 0 Å². The van der Waals surface area contributed by atoms with E-state index in [0.717, 1.165) is 0 Å². The molecule has 0 amide bonds. The molecule has 0 unspecified atom stereocenters. The maximum atomic E-state index is 11.5. The van der Waals surface area contributed by atoms with Crippen LogP contribution in [0.25, 0.3) is 11.1 Å². The highest BCUT2D eigenvalue weighted by Crippen LogP contribution is 2.30. The Morgan fingerprint density at radius 1 is 1.33 bits per heavy atom. The summed E-state index contributed by atoms with van der Waals surface area (Å²) in [6.07, 6.45) is 1.39. The summed E-state index contributed by atoms with van der Waals surface area (Å²) in [6.45, 7) is 0. The van der Waals surface area contributed by atoms with Gasteiger partial charge in [0, 0.05) is 22.3 Å². The fourth-order valence-electron chi connectivity index (χ4n) is 1.79. The minimum atomic E-state index is -1.19. The van der Waals surface area contributed by atoms with Gasteiger partial charge in [0.05, 0.1) is 12.7 Å². The number of pyridine rings is 1. The quantitative estimate of drug-likeness (QED) is 0.844. The highest BCUT2D eigenvalue weighted by molar-refractivity contribution is 6.33. The maximum absolute atomic E-state index is 11.5. The van der Waals surface area contributed by atoms with Crippen molar-refractivity contribution in [3.63, 3.8) is 0 Å². The van der Waals surface area contributed by atoms with E-state index in [4.69, 9.17) is 22.4 Å². The van der Waals surface area contributed by atoms with E-state index in [1.165, 1.54) is 37.6 Å². The van der Waals surface area contributed by atoms with Gasteiger partial charge in [-0.05, 0) is 24.3 Å². The Morgan fingerprint density at radius 3 is 2.67 bits per heavy atom. The molecule has 6 nitrogen and oxygen atoms in total. The summed E-state index contributed by atoms with van der Waals surface area (Å²) in [7, 11) is 1.27. The molecule has 1 aromatic heterocycles. The van der Waals surface area contributed by atoms with Gasteiger partial charge in [-0.1, -0.05) is 11.6 Å². The molecule has 2 rings (SSSR count). The standard InChI is InChI=1S/C14H11ClN2O4/c1-21-14(20)7-2-3-11(15)9(4-7)8-5-10(13(18)19)12(16)17-6-8/h2-6H,1H3,(H2,16,17)(H,18,19). The van der Waals surface area contributed by atoms with Crippen LogP contribution >= 0.6 is 11.6 Å². The first-order valence-electron chi connectivity index (χ1n) is 5.81. The molecule has 0 saturated carbocycles. The number of rotatable bonds is 3. The molecular formula is C14H11ClN2O4. The van der Waals surface area contributed by atoms with E-state index in [9.17, 15) is 9.59 Å². The average molecular weight is 307 g/mol. The first-order valence-corrected chi connectivity index (χ1v) is 6.19. The number of carboxylic acid groups (broad SMARTS) is 1. The number of halogens is 1. The number of nitrogen functional groups attached to an aromatic ring is 1. The van der Waals surface area contributed by atoms with E-state index in [-0.39, 0.29) is 11.4 Å². The molecule has 0 radical (unpaired) electrons. The second-order valence-electron chi connectivity index (χ2n) is 4.15. The van der Waals surface area contributed by atoms with Crippen LogP contribution in [-0.4, -0.2) is 29.1 Å². The SMILES string of the molecule is COC(=O)c1ccc(Cl)c(-c2cnc(N)c(C(=O)O)c2)c1. The van der Waals surface area contributed by atoms with Crippen LogP contribution in [0.4, 0.5) is 5.82 Å². The highest BCUT2D eigenvalue weighted by atomic mass is 35.5. The van der Waals surface area contributed by atoms with Crippen molar-refractivity contribution in [1.82, 2.24) is 4.98 Å². The minimum Gasteiger partial charge on any atom is -0.478 e. The van der Waals surface area contributed by atoms with Gasteiger partial charge in [-0.25, -0.2) is 14.6 Å². The summed E-state index contributed by atoms with van der Waals surface area (Å²) < 4.78 is 4.64. The van der Waals surface area contributed by atoms with Gasteiger partial charge in [0.25, 0.3) is 0 Å². The number of carbonyl (C=O) groups excluding carboxylic acids is 1. The third-order valence-corrected chi connectivity index (χ3v) is 3.18. The number of esters is 1. The summed E-state index contributed by atoms with van der Waals surface area (Å²) in [5, 5.41) is 9.41. The second kappa shape index (κ2) is 5.80. The molecule has 3 N–H and O–H groups in total. The lowest BCUT2D eigenvalue weighted by Gasteiger charge is -2.08. The molecule has 0 saturated heterocycles. The van der Waals surface area contributed by atoms with Crippen LogP contribution in [0.1, 0.15) is 20.7 Å². The van der Waals surface area contributed by atoms with Crippen LogP contribution < -0.4 is 5.73 Å². The van der Waals surface area contributed by atoms with Crippen LogP contribution in [-0.2, 0) is 4.74 Å². The van der Waals surface area contributed by atoms with Gasteiger partial charge >= 0.3 is 11.9 Å². The largest absolute Gasteiger partial charge is 0.478 e. The fraction of sp³-hybridized carbons (Fsp3) is 0.0714. The van der Waals surface area contributed by atoms with Crippen molar-refractivity contribution in [1.29, 1.82) is 0 Å². The predicted molar refractivity (Wildman–Crippen MR) is 77.4 cm³/mol. The van der Waals surface area contributed by atoms with E-state index in [1.807, 2.05) is 0 Å². The molecule has 108 valence electrons. The molecule has 21 heavy (non-hydrogen) atoms. The normalized spacial score (nSPS) is 10.2. The van der Waals surface area contributed by atoms with Gasteiger partial charge in [0.15, 0.2) is 0 Å². The topological polar surface area (TPSA) is 103 Å². The number of aromatic nitrogens is 1. The van der Waals surface area contributed by atoms with Crippen molar-refractivity contribution in [2.75, 3.05) is 12.8 Å². The number of carbonyl (C=O) groups is 2. The molecule has 0 atom stereocenters. The number of ether oxygens (including phenoxy) is 1. The number of aromatic carboxylic acids is 1. The Morgan fingerprint density at radius 2 is 2.05 bits per heavy atom. The third kappa shape index (κ3) is 2.95. The molecule has 0 aliphatic carbocycles. The first-order chi connectivity index (χ1) is 9.93. The van der Waals surface area contributed by atoms with E-state index >= 15 is 0 Å². The summed E-state index contributed by atoms with van der Waals surface area (Å²) in [4.78, 5) is 26.5. The number of anilines is 1. The molecule has 0 spiro atoms. The molecule has 0 aliphatic heterocycles. The average Bonchev–Trinajstić information content (AvgIpc) is 2.47. The molecule has 0 bridgehead atoms. The van der Waals surface area contributed by atoms with E-state index in [1.54, 1.807) is 0 Å². The smallest absolute Gasteiger partial charge is 0.339 e. The number of hydrogen-bond donors (Lipinski definition) is 2. The lowest BCUT2D eigenvalue weighted by molar-refractivity contribution is 0.0600. The third-order valence-electron chi connectivity index (χ3n) is 2.85. The molecule has 1 heterocycles. The molecule has 1 aromatic carbocycles. The van der Waals surface area contributed by atoms with Crippen molar-refractivity contribution in [2.45, 2.75) is 0 Å². The van der Waals surface area contributed by atoms with Gasteiger partial charge < -0.3 is 15.6 Å². The number of carboxylic acids is 1. The van der Waals surface area contributed by atoms with Crippen molar-refractivity contribution < 1.29 is 19.4 Å². The number of nitrogens with zero attached hydrogens (tertiary/aromatic N) is 1. The highest BCUT2D eigenvalue weighted by Gasteiger charge is 2.14. The zero-order valence-corrected chi connectivity index (χ0v) is 11.7. The van der Waals surface area contributed by atoms with E-state index < -0.39 is 11.9 Å². The summed E-state index contributed by atoms with van der Waals surface area (Å²) in [5.74, 6) is -1.80. The van der Waals surface area contributed by atoms with E-state index in [0.29, 0.717) is 21.7 Å². The Balaban J connectivity index is 2.58. The van der Waals surface area contributed by atoms with Crippen molar-refractivity contribution in [3.8, 4) is 11.1 Å². The Hall–Kier alpha value is -2.60. The van der Waals surface area contributed by atoms with Crippen LogP contribution in [0.2, 0.25) is 5.02 Å². The fourth-order valence-corrected chi connectivity index (χ4v) is 2.01. The zero-order chi connectivity index (χ0) is 15.6. The first kappa shape index (κ1) is 14.8. The summed E-state index contributed by atoms with van der Waals surface area (Å²) >= 11 is 6.09. The number of hydrogen-bond acceptors (Lipinski definition) is 5. The molecular weight excluding hydrogens is 296 g/mol. The van der Waals surface area contributed by atoms with Crippen molar-refractivity contribution >= 4 is 29.4 Å². The van der Waals surface area contributed by atoms with Gasteiger partial charge in [-0.2, -0.15) is 0 Å².